The van der Waals surface area contributed by atoms with Crippen LogP contribution in [0.25, 0.3) is 0 Å². The van der Waals surface area contributed by atoms with Crippen molar-refractivity contribution in [3.05, 3.63) is 71.8 Å². The molecule has 0 radical (unpaired) electrons. The summed E-state index contributed by atoms with van der Waals surface area (Å²) in [5, 5.41) is 6.86. The Morgan fingerprint density at radius 2 is 1.57 bits per heavy atom. The lowest BCUT2D eigenvalue weighted by Gasteiger charge is -2.36. The Bertz CT molecular complexity index is 678. The molecule has 0 aromatic heterocycles. The van der Waals surface area contributed by atoms with Crippen molar-refractivity contribution in [2.45, 2.75) is 26.2 Å². The molecule has 1 saturated heterocycles. The molecule has 3 rings (SSSR count). The average Bonchev–Trinajstić information content (AvgIpc) is 2.69. The van der Waals surface area contributed by atoms with Crippen molar-refractivity contribution in [3.63, 3.8) is 0 Å². The van der Waals surface area contributed by atoms with E-state index in [0.717, 1.165) is 45.2 Å². The minimum absolute atomic E-state index is 0. The summed E-state index contributed by atoms with van der Waals surface area (Å²) in [4.78, 5) is 4.76. The van der Waals surface area contributed by atoms with E-state index in [-0.39, 0.29) is 29.4 Å². The van der Waals surface area contributed by atoms with Gasteiger partial charge >= 0.3 is 0 Å². The smallest absolute Gasteiger partial charge is 0.191 e. The third-order valence-corrected chi connectivity index (χ3v) is 4.99. The van der Waals surface area contributed by atoms with Crippen LogP contribution in [-0.4, -0.2) is 38.8 Å². The van der Waals surface area contributed by atoms with E-state index in [1.165, 1.54) is 11.1 Å². The van der Waals surface area contributed by atoms with Crippen molar-refractivity contribution in [2.24, 2.45) is 10.4 Å². The topological polar surface area (TPSA) is 45.7 Å². The molecule has 0 unspecified atom stereocenters. The van der Waals surface area contributed by atoms with Gasteiger partial charge in [-0.1, -0.05) is 67.6 Å². The first-order valence-corrected chi connectivity index (χ1v) is 9.90. The third kappa shape index (κ3) is 6.48. The first-order chi connectivity index (χ1) is 13.2. The molecule has 1 aliphatic rings. The lowest BCUT2D eigenvalue weighted by Crippen LogP contribution is -2.44. The normalized spacial score (nSPS) is 15.5. The van der Waals surface area contributed by atoms with Gasteiger partial charge < -0.3 is 15.4 Å². The van der Waals surface area contributed by atoms with Crippen LogP contribution in [0.2, 0.25) is 0 Å². The fraction of sp³-hybridized carbons (Fsp3) is 0.435. The maximum Gasteiger partial charge on any atom is 0.191 e. The molecule has 0 aliphatic carbocycles. The van der Waals surface area contributed by atoms with Crippen molar-refractivity contribution in [1.29, 1.82) is 0 Å². The molecule has 1 heterocycles. The Labute approximate surface area is 186 Å². The largest absolute Gasteiger partial charge is 0.380 e. The van der Waals surface area contributed by atoms with E-state index in [0.29, 0.717) is 5.92 Å². The quantitative estimate of drug-likeness (QED) is 0.325. The third-order valence-electron chi connectivity index (χ3n) is 4.99. The Morgan fingerprint density at radius 3 is 2.04 bits per heavy atom. The van der Waals surface area contributed by atoms with E-state index < -0.39 is 0 Å². The molecule has 4 nitrogen and oxygen atoms in total. The number of nitrogens with zero attached hydrogens (tertiary/aromatic N) is 1. The van der Waals surface area contributed by atoms with Gasteiger partial charge in [0.05, 0.1) is 19.8 Å². The molecule has 0 bridgehead atoms. The molecular weight excluding hydrogens is 461 g/mol. The number of rotatable bonds is 8. The van der Waals surface area contributed by atoms with Gasteiger partial charge in [0.1, 0.15) is 0 Å². The molecule has 1 aliphatic heterocycles. The highest BCUT2D eigenvalue weighted by atomic mass is 127. The summed E-state index contributed by atoms with van der Waals surface area (Å²) in [7, 11) is 0. The van der Waals surface area contributed by atoms with Gasteiger partial charge in [-0.15, -0.1) is 24.0 Å². The molecule has 28 heavy (non-hydrogen) atoms. The molecule has 0 saturated carbocycles. The second-order valence-electron chi connectivity index (χ2n) is 7.59. The number of hydrogen-bond donors (Lipinski definition) is 2. The summed E-state index contributed by atoms with van der Waals surface area (Å²) in [6.07, 6.45) is 1.01. The number of aliphatic imine (C=N–C) groups is 1. The van der Waals surface area contributed by atoms with Crippen molar-refractivity contribution in [2.75, 3.05) is 32.8 Å². The van der Waals surface area contributed by atoms with Crippen LogP contribution in [0.4, 0.5) is 0 Å². The van der Waals surface area contributed by atoms with Gasteiger partial charge in [-0.25, -0.2) is 0 Å². The molecule has 2 aromatic carbocycles. The Morgan fingerprint density at radius 1 is 1.00 bits per heavy atom. The Hall–Kier alpha value is -1.60. The number of ether oxygens (including phenoxy) is 1. The summed E-state index contributed by atoms with van der Waals surface area (Å²) < 4.78 is 5.33. The summed E-state index contributed by atoms with van der Waals surface area (Å²) in [6, 6.07) is 21.5. The van der Waals surface area contributed by atoms with Crippen LogP contribution in [0.15, 0.2) is 65.7 Å². The highest BCUT2D eigenvalue weighted by Crippen LogP contribution is 2.28. The van der Waals surface area contributed by atoms with Gasteiger partial charge in [-0.2, -0.15) is 0 Å². The van der Waals surface area contributed by atoms with Crippen LogP contribution in [0.5, 0.6) is 0 Å². The molecule has 0 amide bonds. The second kappa shape index (κ2) is 11.4. The van der Waals surface area contributed by atoms with Crippen molar-refractivity contribution < 1.29 is 4.74 Å². The number of hydrogen-bond acceptors (Lipinski definition) is 2. The summed E-state index contributed by atoms with van der Waals surface area (Å²) in [5.74, 6) is 1.27. The summed E-state index contributed by atoms with van der Waals surface area (Å²) in [5.41, 5.74) is 2.90. The van der Waals surface area contributed by atoms with Gasteiger partial charge in [0.15, 0.2) is 5.96 Å². The number of guanidine groups is 1. The van der Waals surface area contributed by atoms with Crippen LogP contribution in [-0.2, 0) is 4.74 Å². The molecule has 2 N–H and O–H groups in total. The van der Waals surface area contributed by atoms with Crippen LogP contribution < -0.4 is 10.6 Å². The van der Waals surface area contributed by atoms with E-state index in [1.807, 2.05) is 0 Å². The van der Waals surface area contributed by atoms with Crippen LogP contribution in [0.3, 0.4) is 0 Å². The predicted molar refractivity (Wildman–Crippen MR) is 128 cm³/mol. The van der Waals surface area contributed by atoms with Gasteiger partial charge in [0.25, 0.3) is 0 Å². The Kier molecular flexibility index (Phi) is 9.25. The molecule has 5 heteroatoms. The minimum atomic E-state index is 0. The van der Waals surface area contributed by atoms with Gasteiger partial charge in [0.2, 0.25) is 0 Å². The zero-order valence-electron chi connectivity index (χ0n) is 16.9. The van der Waals surface area contributed by atoms with Crippen LogP contribution in [0.1, 0.15) is 37.3 Å². The molecule has 0 spiro atoms. The SMILES string of the molecule is CCNC(=NCC1(C)COC1)NCCC(c1ccccc1)c1ccccc1.I. The zero-order valence-corrected chi connectivity index (χ0v) is 19.2. The fourth-order valence-corrected chi connectivity index (χ4v) is 3.38. The monoisotopic (exact) mass is 493 g/mol. The Balaban J connectivity index is 0.00000280. The van der Waals surface area contributed by atoms with E-state index in [1.54, 1.807) is 0 Å². The standard InChI is InChI=1S/C23H31N3O.HI/c1-3-24-22(26-16-23(2)17-27-18-23)25-15-14-21(19-10-6-4-7-11-19)20-12-8-5-9-13-20;/h4-13,21H,3,14-18H2,1-2H3,(H2,24,25,26);1H. The number of halogens is 1. The van der Waals surface area contributed by atoms with E-state index >= 15 is 0 Å². The highest BCUT2D eigenvalue weighted by molar-refractivity contribution is 14.0. The lowest BCUT2D eigenvalue weighted by atomic mass is 9.88. The predicted octanol–water partition coefficient (Wildman–Crippen LogP) is 4.42. The zero-order chi connectivity index (χ0) is 19.0. The molecule has 0 atom stereocenters. The minimum Gasteiger partial charge on any atom is -0.380 e. The number of benzene rings is 2. The van der Waals surface area contributed by atoms with Crippen LogP contribution in [0, 0.1) is 5.41 Å². The van der Waals surface area contributed by atoms with Gasteiger partial charge in [-0.05, 0) is 24.5 Å². The van der Waals surface area contributed by atoms with E-state index in [2.05, 4.69) is 85.1 Å². The first kappa shape index (κ1) is 22.7. The van der Waals surface area contributed by atoms with E-state index in [9.17, 15) is 0 Å². The number of nitrogens with one attached hydrogen (secondary N) is 2. The van der Waals surface area contributed by atoms with Crippen molar-refractivity contribution >= 4 is 29.9 Å². The van der Waals surface area contributed by atoms with Crippen molar-refractivity contribution in [1.82, 2.24) is 10.6 Å². The lowest BCUT2D eigenvalue weighted by molar-refractivity contribution is -0.0945. The second-order valence-corrected chi connectivity index (χ2v) is 7.59. The van der Waals surface area contributed by atoms with E-state index in [4.69, 9.17) is 9.73 Å². The molecule has 2 aromatic rings. The summed E-state index contributed by atoms with van der Waals surface area (Å²) >= 11 is 0. The maximum absolute atomic E-state index is 5.33. The van der Waals surface area contributed by atoms with Crippen molar-refractivity contribution in [3.8, 4) is 0 Å². The highest BCUT2D eigenvalue weighted by Gasteiger charge is 2.33. The fourth-order valence-electron chi connectivity index (χ4n) is 3.38. The maximum atomic E-state index is 5.33. The molecular formula is C23H32IN3O. The average molecular weight is 493 g/mol. The molecule has 152 valence electrons. The summed E-state index contributed by atoms with van der Waals surface area (Å²) in [6.45, 7) is 8.46. The van der Waals surface area contributed by atoms with Crippen LogP contribution >= 0.6 is 24.0 Å². The van der Waals surface area contributed by atoms with Gasteiger partial charge in [-0.3, -0.25) is 4.99 Å². The molecule has 1 fully saturated rings. The first-order valence-electron chi connectivity index (χ1n) is 9.90. The van der Waals surface area contributed by atoms with Gasteiger partial charge in [0, 0.05) is 24.4 Å².